The van der Waals surface area contributed by atoms with Crippen LogP contribution in [0.3, 0.4) is 0 Å². The normalized spacial score (nSPS) is 20.4. The Bertz CT molecular complexity index is 1420. The first kappa shape index (κ1) is 35.7. The highest BCUT2D eigenvalue weighted by Crippen LogP contribution is 2.39. The molecule has 3 aromatic carbocycles. The third-order valence-corrected chi connectivity index (χ3v) is 9.45. The van der Waals surface area contributed by atoms with Crippen molar-refractivity contribution in [2.75, 3.05) is 19.6 Å². The van der Waals surface area contributed by atoms with Crippen LogP contribution in [0.25, 0.3) is 11.1 Å². The predicted octanol–water partition coefficient (Wildman–Crippen LogP) is 6.73. The maximum Gasteiger partial charge on any atom is 0.243 e. The Balaban J connectivity index is 1.23. The summed E-state index contributed by atoms with van der Waals surface area (Å²) in [6, 6.07) is 24.5. The molecule has 2 amide bonds. The molecule has 2 fully saturated rings. The number of aliphatic hydroxyl groups is 1. The van der Waals surface area contributed by atoms with E-state index in [2.05, 4.69) is 52.7 Å². The van der Waals surface area contributed by atoms with E-state index in [0.29, 0.717) is 25.8 Å². The molecule has 258 valence electrons. The molecule has 48 heavy (non-hydrogen) atoms. The minimum atomic E-state index is -0.498. The van der Waals surface area contributed by atoms with Crippen molar-refractivity contribution in [2.24, 2.45) is 0 Å². The van der Waals surface area contributed by atoms with Crippen LogP contribution in [0.5, 0.6) is 0 Å². The highest BCUT2D eigenvalue weighted by molar-refractivity contribution is 5.76. The van der Waals surface area contributed by atoms with Gasteiger partial charge >= 0.3 is 0 Å². The summed E-state index contributed by atoms with van der Waals surface area (Å²) in [5, 5.41) is 21.2. The molecule has 2 aliphatic heterocycles. The van der Waals surface area contributed by atoms with Crippen LogP contribution in [0.2, 0.25) is 0 Å². The average molecular weight is 658 g/mol. The third-order valence-electron chi connectivity index (χ3n) is 9.45. The van der Waals surface area contributed by atoms with Gasteiger partial charge in [0.25, 0.3) is 0 Å². The summed E-state index contributed by atoms with van der Waals surface area (Å²) in [6.45, 7) is 3.56. The molecule has 9 heteroatoms. The summed E-state index contributed by atoms with van der Waals surface area (Å²) in [5.41, 5.74) is 7.72. The first-order valence-corrected chi connectivity index (χ1v) is 17.6. The molecule has 0 saturated carbocycles. The van der Waals surface area contributed by atoms with Gasteiger partial charge in [0.2, 0.25) is 11.8 Å². The first-order valence-electron chi connectivity index (χ1n) is 17.6. The minimum Gasteiger partial charge on any atom is -0.392 e. The highest BCUT2D eigenvalue weighted by Gasteiger charge is 2.33. The van der Waals surface area contributed by atoms with Crippen LogP contribution in [-0.4, -0.2) is 52.8 Å². The summed E-state index contributed by atoms with van der Waals surface area (Å²) in [5.74, 6) is -0.427. The van der Waals surface area contributed by atoms with Crippen LogP contribution in [0.15, 0.2) is 72.8 Å². The Morgan fingerprint density at radius 1 is 0.771 bits per heavy atom. The Morgan fingerprint density at radius 2 is 1.44 bits per heavy atom. The molecule has 0 spiro atoms. The molecule has 2 saturated heterocycles. The van der Waals surface area contributed by atoms with E-state index in [-0.39, 0.29) is 31.1 Å². The van der Waals surface area contributed by atoms with E-state index in [0.717, 1.165) is 65.9 Å². The van der Waals surface area contributed by atoms with Gasteiger partial charge in [0.15, 0.2) is 6.29 Å². The number of carbonyl (C=O) groups excluding carboxylic acids is 2. The Labute approximate surface area is 284 Å². The minimum absolute atomic E-state index is 0.0199. The van der Waals surface area contributed by atoms with E-state index >= 15 is 0 Å². The number of ether oxygens (including phenoxy) is 2. The van der Waals surface area contributed by atoms with Crippen molar-refractivity contribution >= 4 is 11.8 Å². The van der Waals surface area contributed by atoms with Gasteiger partial charge < -0.3 is 24.8 Å². The van der Waals surface area contributed by atoms with Gasteiger partial charge in [-0.3, -0.25) is 14.8 Å². The number of hydrogen-bond donors (Lipinski definition) is 4. The fourth-order valence-electron chi connectivity index (χ4n) is 6.68. The molecule has 4 N–H and O–H groups in total. The molecule has 0 aromatic heterocycles. The average Bonchev–Trinajstić information content (AvgIpc) is 3.11. The van der Waals surface area contributed by atoms with E-state index in [1.807, 2.05) is 30.3 Å². The van der Waals surface area contributed by atoms with Gasteiger partial charge in [-0.2, -0.15) is 0 Å². The molecule has 0 unspecified atom stereocenters. The van der Waals surface area contributed by atoms with E-state index in [1.165, 1.54) is 32.1 Å². The lowest BCUT2D eigenvalue weighted by Crippen LogP contribution is -2.40. The number of rotatable bonds is 14. The van der Waals surface area contributed by atoms with Crippen molar-refractivity contribution in [3.8, 4) is 11.1 Å². The smallest absolute Gasteiger partial charge is 0.243 e. The van der Waals surface area contributed by atoms with Crippen LogP contribution in [0.4, 0.5) is 0 Å². The Kier molecular flexibility index (Phi) is 14.0. The highest BCUT2D eigenvalue weighted by atomic mass is 16.7. The molecule has 2 heterocycles. The maximum atomic E-state index is 12.5. The van der Waals surface area contributed by atoms with Gasteiger partial charge in [0.05, 0.1) is 18.8 Å². The molecule has 0 radical (unpaired) electrons. The van der Waals surface area contributed by atoms with Crippen LogP contribution >= 0.6 is 0 Å². The molecule has 0 bridgehead atoms. The molecule has 2 aliphatic rings. The van der Waals surface area contributed by atoms with Crippen molar-refractivity contribution in [1.82, 2.24) is 15.7 Å². The fourth-order valence-corrected chi connectivity index (χ4v) is 6.68. The Morgan fingerprint density at radius 3 is 2.15 bits per heavy atom. The van der Waals surface area contributed by atoms with Crippen molar-refractivity contribution in [2.45, 2.75) is 102 Å². The van der Waals surface area contributed by atoms with Gasteiger partial charge in [-0.05, 0) is 66.6 Å². The molecule has 5 rings (SSSR count). The van der Waals surface area contributed by atoms with Gasteiger partial charge in [-0.25, -0.2) is 5.48 Å². The molecular weight excluding hydrogens is 606 g/mol. The van der Waals surface area contributed by atoms with Gasteiger partial charge in [0.1, 0.15) is 0 Å². The molecule has 3 atom stereocenters. The van der Waals surface area contributed by atoms with Crippen LogP contribution in [0, 0.1) is 0 Å². The lowest BCUT2D eigenvalue weighted by atomic mass is 9.97. The number of benzene rings is 3. The number of nitrogens with zero attached hydrogens (tertiary/aromatic N) is 1. The lowest BCUT2D eigenvalue weighted by molar-refractivity contribution is -0.253. The largest absolute Gasteiger partial charge is 0.392 e. The fraction of sp³-hybridized carbons (Fsp3) is 0.487. The number of nitrogens with one attached hydrogen (secondary N) is 2. The molecule has 0 aliphatic carbocycles. The second kappa shape index (κ2) is 18.8. The topological polar surface area (TPSA) is 120 Å². The van der Waals surface area contributed by atoms with Gasteiger partial charge in [0, 0.05) is 37.9 Å². The number of carbonyl (C=O) groups is 2. The zero-order valence-electron chi connectivity index (χ0n) is 27.9. The van der Waals surface area contributed by atoms with Crippen LogP contribution in [0.1, 0.15) is 105 Å². The quantitative estimate of drug-likeness (QED) is 0.0862. The number of aliphatic hydroxyl groups excluding tert-OH is 1. The van der Waals surface area contributed by atoms with E-state index in [4.69, 9.17) is 14.7 Å². The third kappa shape index (κ3) is 10.7. The van der Waals surface area contributed by atoms with Crippen molar-refractivity contribution in [1.29, 1.82) is 0 Å². The number of likely N-dealkylation sites (tertiary alicyclic amines) is 1. The predicted molar refractivity (Wildman–Crippen MR) is 185 cm³/mol. The zero-order chi connectivity index (χ0) is 33.6. The number of amides is 2. The van der Waals surface area contributed by atoms with Crippen molar-refractivity contribution < 1.29 is 29.4 Å². The van der Waals surface area contributed by atoms with Crippen LogP contribution in [-0.2, 0) is 32.2 Å². The second-order valence-corrected chi connectivity index (χ2v) is 13.1. The summed E-state index contributed by atoms with van der Waals surface area (Å²) in [4.78, 5) is 26.2. The number of hydrogen-bond acceptors (Lipinski definition) is 7. The summed E-state index contributed by atoms with van der Waals surface area (Å²) >= 11 is 0. The van der Waals surface area contributed by atoms with Crippen LogP contribution < -0.4 is 10.8 Å². The maximum absolute atomic E-state index is 12.5. The van der Waals surface area contributed by atoms with E-state index in [9.17, 15) is 14.7 Å². The Hall–Kier alpha value is -3.60. The zero-order valence-corrected chi connectivity index (χ0v) is 27.9. The summed E-state index contributed by atoms with van der Waals surface area (Å²) in [6.07, 6.45) is 9.31. The van der Waals surface area contributed by atoms with E-state index < -0.39 is 12.2 Å². The first-order chi connectivity index (χ1) is 23.5. The van der Waals surface area contributed by atoms with Crippen molar-refractivity contribution in [3.63, 3.8) is 0 Å². The molecule has 3 aromatic rings. The van der Waals surface area contributed by atoms with Gasteiger partial charge in [-0.1, -0.05) is 98.5 Å². The van der Waals surface area contributed by atoms with Gasteiger partial charge in [-0.15, -0.1) is 0 Å². The lowest BCUT2D eigenvalue weighted by Gasteiger charge is -2.39. The van der Waals surface area contributed by atoms with E-state index in [1.54, 1.807) is 5.48 Å². The van der Waals surface area contributed by atoms with Crippen molar-refractivity contribution in [3.05, 3.63) is 95.1 Å². The summed E-state index contributed by atoms with van der Waals surface area (Å²) in [7, 11) is 0. The monoisotopic (exact) mass is 657 g/mol. The number of hydroxylamine groups is 1. The second-order valence-electron chi connectivity index (χ2n) is 13.1. The SMILES string of the molecule is O=C(CCCCCC(=O)NCc1ccccc1-c1ccc([C@H]2O[C@@H](CN3CCCCCCC3)C[C@@H](c3ccc(CO)cc3)O2)cc1)NO. The summed E-state index contributed by atoms with van der Waals surface area (Å²) < 4.78 is 13.3. The molecular formula is C39H51N3O6. The number of unbranched alkanes of at least 4 members (excludes halogenated alkanes) is 2. The standard InChI is InChI=1S/C39H51N3O6/c43-28-29-15-17-31(18-16-29)36-25-34(27-42-23-9-2-1-3-10-24-42)47-39(48-36)32-21-19-30(20-22-32)35-12-8-7-11-33(35)26-40-37(44)13-5-4-6-14-38(45)41-46/h7-8,11-12,15-22,34,36,39,43,46H,1-6,9-10,13-14,23-28H2,(H,40,44)(H,41,45)/t34-,36+,39+/m1/s1. The molecule has 9 nitrogen and oxygen atoms in total.